The van der Waals surface area contributed by atoms with Crippen molar-refractivity contribution in [3.8, 4) is 0 Å². The van der Waals surface area contributed by atoms with Crippen molar-refractivity contribution in [2.24, 2.45) is 0 Å². The van der Waals surface area contributed by atoms with E-state index < -0.39 is 30.0 Å². The Morgan fingerprint density at radius 1 is 1.14 bits per heavy atom. The van der Waals surface area contributed by atoms with Crippen LogP contribution in [-0.2, 0) is 9.53 Å². The maximum Gasteiger partial charge on any atom is 0.467 e. The van der Waals surface area contributed by atoms with Gasteiger partial charge in [-0.15, -0.1) is 4.90 Å². The lowest BCUT2D eigenvalue weighted by Gasteiger charge is -2.25. The lowest BCUT2D eigenvalue weighted by Crippen LogP contribution is -2.50. The summed E-state index contributed by atoms with van der Waals surface area (Å²) in [6.07, 6.45) is -11.3. The van der Waals surface area contributed by atoms with Gasteiger partial charge in [0.15, 0.2) is 0 Å². The predicted molar refractivity (Wildman–Crippen MR) is 30.8 cm³/mol. The smallest absolute Gasteiger partial charge is 0.467 e. The van der Waals surface area contributed by atoms with Crippen LogP contribution in [0.1, 0.15) is 0 Å². The molecule has 0 saturated heterocycles. The molecule has 0 atom stereocenters. The van der Waals surface area contributed by atoms with Gasteiger partial charge in [0.05, 0.1) is 7.11 Å². The average molecular weight is 225 g/mol. The van der Waals surface area contributed by atoms with Gasteiger partial charge in [0.25, 0.3) is 0 Å². The number of hydrogen-bond donors (Lipinski definition) is 0. The molecule has 0 aromatic heterocycles. The molecule has 0 aliphatic heterocycles. The monoisotopic (exact) mass is 225 g/mol. The molecule has 9 heteroatoms. The molecule has 0 N–H and O–H groups in total. The van der Waals surface area contributed by atoms with Gasteiger partial charge in [-0.05, 0) is 0 Å². The van der Waals surface area contributed by atoms with Crippen molar-refractivity contribution in [2.45, 2.75) is 12.6 Å². The molecule has 84 valence electrons. The number of nitrogens with zero attached hydrogens (tertiary/aromatic N) is 1. The first-order valence-corrected chi connectivity index (χ1v) is 3.07. The quantitative estimate of drug-likeness (QED) is 0.405. The number of esters is 1. The molecule has 14 heavy (non-hydrogen) atoms. The van der Waals surface area contributed by atoms with Crippen molar-refractivity contribution in [1.29, 1.82) is 0 Å². The molecule has 0 aromatic carbocycles. The zero-order valence-electron chi connectivity index (χ0n) is 6.74. The number of methoxy groups -OCH3 is 1. The molecule has 3 nitrogen and oxygen atoms in total. The van der Waals surface area contributed by atoms with Gasteiger partial charge in [-0.1, -0.05) is 0 Å². The number of rotatable bonds is 2. The molecule has 0 fully saturated rings. The van der Waals surface area contributed by atoms with Crippen molar-refractivity contribution < 1.29 is 35.9 Å². The van der Waals surface area contributed by atoms with Gasteiger partial charge in [-0.25, -0.2) is 0 Å². The SMILES string of the molecule is COC(=O)CN(C(F)(F)F)C(F)(F)F. The van der Waals surface area contributed by atoms with E-state index in [-0.39, 0.29) is 0 Å². The maximum atomic E-state index is 11.7. The van der Waals surface area contributed by atoms with E-state index >= 15 is 0 Å². The van der Waals surface area contributed by atoms with Crippen LogP contribution >= 0.6 is 0 Å². The summed E-state index contributed by atoms with van der Waals surface area (Å²) in [6.45, 7) is -1.91. The van der Waals surface area contributed by atoms with Crippen LogP contribution in [0.25, 0.3) is 0 Å². The summed E-state index contributed by atoms with van der Waals surface area (Å²) in [7, 11) is 0.688. The molecule has 0 saturated carbocycles. The molecule has 0 rings (SSSR count). The van der Waals surface area contributed by atoms with Crippen LogP contribution in [-0.4, -0.2) is 37.1 Å². The van der Waals surface area contributed by atoms with Crippen LogP contribution in [0.2, 0.25) is 0 Å². The minimum absolute atomic E-state index is 0.688. The summed E-state index contributed by atoms with van der Waals surface area (Å²) in [5.41, 5.74) is 0. The summed E-state index contributed by atoms with van der Waals surface area (Å²) in [5, 5.41) is 0. The first-order chi connectivity index (χ1) is 6.09. The second-order valence-electron chi connectivity index (χ2n) is 2.10. The highest BCUT2D eigenvalue weighted by Gasteiger charge is 2.54. The van der Waals surface area contributed by atoms with E-state index in [1.165, 1.54) is 0 Å². The Labute approximate surface area is 74.2 Å². The Morgan fingerprint density at radius 3 is 1.71 bits per heavy atom. The lowest BCUT2D eigenvalue weighted by molar-refractivity contribution is -0.370. The molecule has 0 bridgehead atoms. The normalized spacial score (nSPS) is 13.1. The average Bonchev–Trinajstić information content (AvgIpc) is 1.95. The fraction of sp³-hybridized carbons (Fsp3) is 0.800. The molecule has 0 aromatic rings. The number of halogens is 6. The van der Waals surface area contributed by atoms with Crippen LogP contribution in [0, 0.1) is 0 Å². The van der Waals surface area contributed by atoms with Crippen molar-refractivity contribution in [1.82, 2.24) is 4.90 Å². The van der Waals surface area contributed by atoms with E-state index in [2.05, 4.69) is 4.74 Å². The fourth-order valence-electron chi connectivity index (χ4n) is 0.517. The molecule has 0 unspecified atom stereocenters. The highest BCUT2D eigenvalue weighted by molar-refractivity contribution is 5.71. The van der Waals surface area contributed by atoms with E-state index in [4.69, 9.17) is 0 Å². The van der Waals surface area contributed by atoms with Gasteiger partial charge in [0.2, 0.25) is 0 Å². The van der Waals surface area contributed by atoms with Gasteiger partial charge in [-0.3, -0.25) is 4.79 Å². The van der Waals surface area contributed by atoms with Crippen LogP contribution in [0.3, 0.4) is 0 Å². The molecule has 0 aliphatic carbocycles. The topological polar surface area (TPSA) is 29.5 Å². The number of carbonyl (C=O) groups is 1. The standard InChI is InChI=1S/C5H5F6NO2/c1-14-3(13)2-12(4(6,7)8)5(9,10)11/h2H2,1H3. The first-order valence-electron chi connectivity index (χ1n) is 3.07. The highest BCUT2D eigenvalue weighted by Crippen LogP contribution is 2.32. The maximum absolute atomic E-state index is 11.7. The van der Waals surface area contributed by atoms with Crippen LogP contribution in [0.4, 0.5) is 26.3 Å². The summed E-state index contributed by atoms with van der Waals surface area (Å²) < 4.78 is 74.0. The first kappa shape index (κ1) is 13.0. The van der Waals surface area contributed by atoms with Gasteiger partial charge in [0.1, 0.15) is 6.54 Å². The third-order valence-electron chi connectivity index (χ3n) is 1.13. The van der Waals surface area contributed by atoms with E-state index in [1.54, 1.807) is 0 Å². The van der Waals surface area contributed by atoms with E-state index in [1.807, 2.05) is 0 Å². The minimum atomic E-state index is -5.66. The van der Waals surface area contributed by atoms with E-state index in [0.717, 1.165) is 0 Å². The Bertz CT molecular complexity index is 195. The highest BCUT2D eigenvalue weighted by atomic mass is 19.4. The number of ether oxygens (including phenoxy) is 1. The summed E-state index contributed by atoms with van der Waals surface area (Å²) >= 11 is 0. The molecule has 0 aliphatic rings. The second kappa shape index (κ2) is 4.03. The number of alkyl halides is 6. The third-order valence-corrected chi connectivity index (χ3v) is 1.13. The summed E-state index contributed by atoms with van der Waals surface area (Å²) in [6, 6.07) is 0. The summed E-state index contributed by atoms with van der Waals surface area (Å²) in [4.78, 5) is 8.38. The van der Waals surface area contributed by atoms with Gasteiger partial charge < -0.3 is 4.74 Å². The van der Waals surface area contributed by atoms with Gasteiger partial charge >= 0.3 is 18.6 Å². The Kier molecular flexibility index (Phi) is 3.74. The fourth-order valence-corrected chi connectivity index (χ4v) is 0.517. The Balaban J connectivity index is 4.68. The summed E-state index contributed by atoms with van der Waals surface area (Å²) in [5.74, 6) is -1.63. The molecule has 0 heterocycles. The van der Waals surface area contributed by atoms with E-state index in [0.29, 0.717) is 7.11 Å². The number of carbonyl (C=O) groups excluding carboxylic acids is 1. The van der Waals surface area contributed by atoms with Crippen molar-refractivity contribution in [3.05, 3.63) is 0 Å². The van der Waals surface area contributed by atoms with Crippen LogP contribution < -0.4 is 0 Å². The van der Waals surface area contributed by atoms with Crippen molar-refractivity contribution >= 4 is 5.97 Å². The van der Waals surface area contributed by atoms with Crippen molar-refractivity contribution in [2.75, 3.05) is 13.7 Å². The number of hydrogen-bond acceptors (Lipinski definition) is 3. The molecule has 0 amide bonds. The Hall–Kier alpha value is -0.990. The van der Waals surface area contributed by atoms with E-state index in [9.17, 15) is 31.1 Å². The van der Waals surface area contributed by atoms with Gasteiger partial charge in [-0.2, -0.15) is 26.3 Å². The van der Waals surface area contributed by atoms with Crippen molar-refractivity contribution in [3.63, 3.8) is 0 Å². The third kappa shape index (κ3) is 3.81. The molecule has 0 radical (unpaired) electrons. The molecular formula is C5H5F6NO2. The van der Waals surface area contributed by atoms with Crippen LogP contribution in [0.15, 0.2) is 0 Å². The Morgan fingerprint density at radius 2 is 1.50 bits per heavy atom. The predicted octanol–water partition coefficient (Wildman–Crippen LogP) is 1.50. The molecule has 0 spiro atoms. The lowest BCUT2D eigenvalue weighted by atomic mass is 10.5. The zero-order chi connectivity index (χ0) is 11.6. The second-order valence-corrected chi connectivity index (χ2v) is 2.10. The van der Waals surface area contributed by atoms with Gasteiger partial charge in [0, 0.05) is 0 Å². The minimum Gasteiger partial charge on any atom is -0.468 e. The zero-order valence-corrected chi connectivity index (χ0v) is 6.74. The molecular weight excluding hydrogens is 220 g/mol. The largest absolute Gasteiger partial charge is 0.468 e. The van der Waals surface area contributed by atoms with Crippen LogP contribution in [0.5, 0.6) is 0 Å².